The second kappa shape index (κ2) is 5.66. The van der Waals surface area contributed by atoms with Crippen molar-refractivity contribution in [1.82, 2.24) is 15.1 Å². The minimum absolute atomic E-state index is 0.0630. The molecule has 0 fully saturated rings. The van der Waals surface area contributed by atoms with Crippen molar-refractivity contribution in [2.75, 3.05) is 0 Å². The summed E-state index contributed by atoms with van der Waals surface area (Å²) in [6.45, 7) is 2.57. The molecule has 3 nitrogen and oxygen atoms in total. The van der Waals surface area contributed by atoms with Gasteiger partial charge in [0.25, 0.3) is 0 Å². The van der Waals surface area contributed by atoms with Gasteiger partial charge in [-0.2, -0.15) is 5.10 Å². The maximum absolute atomic E-state index is 13.8. The predicted molar refractivity (Wildman–Crippen MR) is 82.4 cm³/mol. The molecule has 1 heterocycles. The van der Waals surface area contributed by atoms with Gasteiger partial charge in [-0.3, -0.25) is 4.68 Å². The summed E-state index contributed by atoms with van der Waals surface area (Å²) in [6, 6.07) is 14.9. The van der Waals surface area contributed by atoms with E-state index >= 15 is 0 Å². The highest BCUT2D eigenvalue weighted by Crippen LogP contribution is 2.20. The lowest BCUT2D eigenvalue weighted by molar-refractivity contribution is 0.523. The first-order chi connectivity index (χ1) is 10.2. The number of nitrogens with zero attached hydrogens (tertiary/aromatic N) is 2. The van der Waals surface area contributed by atoms with Gasteiger partial charge >= 0.3 is 0 Å². The molecule has 0 radical (unpaired) electrons. The van der Waals surface area contributed by atoms with Crippen LogP contribution in [0.2, 0.25) is 0 Å². The minimum Gasteiger partial charge on any atom is -0.304 e. The van der Waals surface area contributed by atoms with Crippen LogP contribution in [0.1, 0.15) is 24.2 Å². The number of rotatable bonds is 4. The van der Waals surface area contributed by atoms with Gasteiger partial charge in [0.1, 0.15) is 5.82 Å². The normalized spacial score (nSPS) is 12.7. The first-order valence-corrected chi connectivity index (χ1v) is 7.05. The number of para-hydroxylation sites is 1. The Hall–Kier alpha value is -2.20. The first kappa shape index (κ1) is 13.8. The highest BCUT2D eigenvalue weighted by molar-refractivity contribution is 5.81. The highest BCUT2D eigenvalue weighted by Gasteiger charge is 2.12. The number of aryl methyl sites for hydroxylation is 1. The van der Waals surface area contributed by atoms with Gasteiger partial charge in [-0.1, -0.05) is 36.4 Å². The zero-order valence-electron chi connectivity index (χ0n) is 12.2. The maximum atomic E-state index is 13.8. The Morgan fingerprint density at radius 2 is 1.86 bits per heavy atom. The molecule has 4 heteroatoms. The number of fused-ring (bicyclic) bond motifs is 1. The van der Waals surface area contributed by atoms with Crippen LogP contribution in [0.3, 0.4) is 0 Å². The van der Waals surface area contributed by atoms with Gasteiger partial charge in [0.15, 0.2) is 0 Å². The van der Waals surface area contributed by atoms with Gasteiger partial charge in [-0.05, 0) is 19.1 Å². The molecule has 0 saturated carbocycles. The summed E-state index contributed by atoms with van der Waals surface area (Å²) in [7, 11) is 1.94. The molecule has 1 N–H and O–H groups in total. The Morgan fingerprint density at radius 1 is 1.14 bits per heavy atom. The molecule has 21 heavy (non-hydrogen) atoms. The van der Waals surface area contributed by atoms with Gasteiger partial charge in [0, 0.05) is 30.6 Å². The Kier molecular flexibility index (Phi) is 3.71. The van der Waals surface area contributed by atoms with Crippen molar-refractivity contribution in [3.63, 3.8) is 0 Å². The van der Waals surface area contributed by atoms with E-state index in [1.807, 2.05) is 49.0 Å². The maximum Gasteiger partial charge on any atom is 0.127 e. The summed E-state index contributed by atoms with van der Waals surface area (Å²) < 4.78 is 15.6. The summed E-state index contributed by atoms with van der Waals surface area (Å²) in [5.41, 5.74) is 2.77. The Bertz CT molecular complexity index is 764. The molecule has 1 unspecified atom stereocenters. The van der Waals surface area contributed by atoms with Crippen LogP contribution in [-0.4, -0.2) is 9.78 Å². The van der Waals surface area contributed by atoms with E-state index in [4.69, 9.17) is 0 Å². The standard InChI is InChI=1S/C17H18FN3/c1-12(13-7-3-5-9-15(13)18)19-11-16-14-8-4-6-10-17(14)21(2)20-16/h3-10,12,19H,11H2,1-2H3. The zero-order chi connectivity index (χ0) is 14.8. The van der Waals surface area contributed by atoms with Crippen LogP contribution < -0.4 is 5.32 Å². The fraction of sp³-hybridized carbons (Fsp3) is 0.235. The van der Waals surface area contributed by atoms with Crippen molar-refractivity contribution < 1.29 is 4.39 Å². The number of hydrogen-bond donors (Lipinski definition) is 1. The third kappa shape index (κ3) is 2.67. The Morgan fingerprint density at radius 3 is 2.67 bits per heavy atom. The molecule has 0 aliphatic rings. The molecule has 0 aliphatic carbocycles. The van der Waals surface area contributed by atoms with Crippen molar-refractivity contribution in [3.05, 3.63) is 65.6 Å². The van der Waals surface area contributed by atoms with Crippen molar-refractivity contribution in [3.8, 4) is 0 Å². The summed E-state index contributed by atoms with van der Waals surface area (Å²) in [6.07, 6.45) is 0. The molecule has 0 spiro atoms. The Labute approximate surface area is 123 Å². The SMILES string of the molecule is CC(NCc1nn(C)c2ccccc12)c1ccccc1F. The van der Waals surface area contributed by atoms with Gasteiger partial charge in [0.2, 0.25) is 0 Å². The average Bonchev–Trinajstić information content (AvgIpc) is 2.82. The molecule has 3 rings (SSSR count). The number of nitrogens with one attached hydrogen (secondary N) is 1. The Balaban J connectivity index is 1.79. The molecule has 1 aromatic heterocycles. The highest BCUT2D eigenvalue weighted by atomic mass is 19.1. The van der Waals surface area contributed by atoms with Crippen molar-refractivity contribution >= 4 is 10.9 Å². The molecule has 0 saturated heterocycles. The topological polar surface area (TPSA) is 29.9 Å². The van der Waals surface area contributed by atoms with E-state index in [2.05, 4.69) is 16.5 Å². The van der Waals surface area contributed by atoms with E-state index in [1.165, 1.54) is 6.07 Å². The molecule has 1 atom stereocenters. The van der Waals surface area contributed by atoms with E-state index in [0.29, 0.717) is 12.1 Å². The quantitative estimate of drug-likeness (QED) is 0.793. The lowest BCUT2D eigenvalue weighted by Crippen LogP contribution is -2.19. The van der Waals surface area contributed by atoms with Gasteiger partial charge in [-0.25, -0.2) is 4.39 Å². The van der Waals surface area contributed by atoms with Gasteiger partial charge < -0.3 is 5.32 Å². The predicted octanol–water partition coefficient (Wildman–Crippen LogP) is 3.56. The molecule has 108 valence electrons. The fourth-order valence-corrected chi connectivity index (χ4v) is 2.61. The molecule has 0 aliphatic heterocycles. The first-order valence-electron chi connectivity index (χ1n) is 7.05. The summed E-state index contributed by atoms with van der Waals surface area (Å²) in [5.74, 6) is -0.177. The van der Waals surface area contributed by atoms with Crippen LogP contribution in [0.5, 0.6) is 0 Å². The molecule has 3 aromatic rings. The average molecular weight is 283 g/mol. The van der Waals surface area contributed by atoms with Crippen LogP contribution in [0, 0.1) is 5.82 Å². The molecule has 2 aromatic carbocycles. The second-order valence-corrected chi connectivity index (χ2v) is 5.21. The molecular weight excluding hydrogens is 265 g/mol. The molecular formula is C17H18FN3. The van der Waals surface area contributed by atoms with E-state index in [9.17, 15) is 4.39 Å². The lowest BCUT2D eigenvalue weighted by atomic mass is 10.1. The zero-order valence-corrected chi connectivity index (χ0v) is 12.2. The van der Waals surface area contributed by atoms with E-state index in [0.717, 1.165) is 16.6 Å². The molecule has 0 bridgehead atoms. The van der Waals surface area contributed by atoms with Crippen molar-refractivity contribution in [1.29, 1.82) is 0 Å². The summed E-state index contributed by atoms with van der Waals surface area (Å²) >= 11 is 0. The fourth-order valence-electron chi connectivity index (χ4n) is 2.61. The second-order valence-electron chi connectivity index (χ2n) is 5.21. The van der Waals surface area contributed by atoms with Gasteiger partial charge in [-0.15, -0.1) is 0 Å². The minimum atomic E-state index is -0.177. The lowest BCUT2D eigenvalue weighted by Gasteiger charge is -2.14. The largest absolute Gasteiger partial charge is 0.304 e. The third-order valence-electron chi connectivity index (χ3n) is 3.78. The molecule has 0 amide bonds. The van der Waals surface area contributed by atoms with Gasteiger partial charge in [0.05, 0.1) is 11.2 Å². The smallest absolute Gasteiger partial charge is 0.127 e. The number of hydrogen-bond acceptors (Lipinski definition) is 2. The van der Waals surface area contributed by atoms with E-state index in [1.54, 1.807) is 6.07 Å². The third-order valence-corrected chi connectivity index (χ3v) is 3.78. The monoisotopic (exact) mass is 283 g/mol. The van der Waals surface area contributed by atoms with Crippen molar-refractivity contribution in [2.45, 2.75) is 19.5 Å². The number of benzene rings is 2. The number of aromatic nitrogens is 2. The summed E-state index contributed by atoms with van der Waals surface area (Å²) in [4.78, 5) is 0. The van der Waals surface area contributed by atoms with Crippen LogP contribution >= 0.6 is 0 Å². The van der Waals surface area contributed by atoms with Crippen molar-refractivity contribution in [2.24, 2.45) is 7.05 Å². The van der Waals surface area contributed by atoms with Crippen LogP contribution in [-0.2, 0) is 13.6 Å². The van der Waals surface area contributed by atoms with E-state index in [-0.39, 0.29) is 11.9 Å². The van der Waals surface area contributed by atoms with Crippen LogP contribution in [0.4, 0.5) is 4.39 Å². The van der Waals surface area contributed by atoms with Crippen LogP contribution in [0.15, 0.2) is 48.5 Å². The number of halogens is 1. The van der Waals surface area contributed by atoms with E-state index < -0.39 is 0 Å². The van der Waals surface area contributed by atoms with Crippen LogP contribution in [0.25, 0.3) is 10.9 Å². The summed E-state index contributed by atoms with van der Waals surface area (Å²) in [5, 5.41) is 9.02.